The van der Waals surface area contributed by atoms with Crippen molar-refractivity contribution in [1.29, 1.82) is 0 Å². The number of hydrogen-bond acceptors (Lipinski definition) is 5. The van der Waals surface area contributed by atoms with E-state index in [-0.39, 0.29) is 5.54 Å². The average molecular weight is 496 g/mol. The minimum atomic E-state index is -4.54. The molecular weight excluding hydrogens is 459 g/mol. The molecule has 4 fully saturated rings. The first-order valence-corrected chi connectivity index (χ1v) is 12.8. The maximum absolute atomic E-state index is 12.8. The third-order valence-electron chi connectivity index (χ3n) is 8.53. The highest BCUT2D eigenvalue weighted by Crippen LogP contribution is 2.40. The molecule has 0 aliphatic carbocycles. The molecule has 9 heteroatoms. The van der Waals surface area contributed by atoms with Crippen molar-refractivity contribution in [3.05, 3.63) is 29.3 Å². The number of benzene rings is 1. The number of halogens is 3. The summed E-state index contributed by atoms with van der Waals surface area (Å²) in [6.45, 7) is 9.60. The van der Waals surface area contributed by atoms with Gasteiger partial charge in [0.1, 0.15) is 0 Å². The first-order valence-electron chi connectivity index (χ1n) is 12.8. The first-order chi connectivity index (χ1) is 16.6. The number of nitrogens with zero attached hydrogens (tertiary/aromatic N) is 3. The van der Waals surface area contributed by atoms with E-state index in [2.05, 4.69) is 39.7 Å². The first kappa shape index (κ1) is 24.7. The van der Waals surface area contributed by atoms with Crippen LogP contribution in [-0.4, -0.2) is 79.6 Å². The lowest BCUT2D eigenvalue weighted by atomic mass is 9.85. The zero-order valence-corrected chi connectivity index (χ0v) is 20.6. The third-order valence-corrected chi connectivity index (χ3v) is 8.53. The minimum absolute atomic E-state index is 0.00165. The van der Waals surface area contributed by atoms with Gasteiger partial charge in [0, 0.05) is 55.8 Å². The molecule has 1 spiro atoms. The van der Waals surface area contributed by atoms with Gasteiger partial charge in [0.2, 0.25) is 0 Å². The summed E-state index contributed by atoms with van der Waals surface area (Å²) in [7, 11) is 0. The maximum atomic E-state index is 12.8. The zero-order chi connectivity index (χ0) is 24.8. The van der Waals surface area contributed by atoms with Gasteiger partial charge in [-0.25, -0.2) is 4.79 Å². The second-order valence-corrected chi connectivity index (χ2v) is 10.9. The summed E-state index contributed by atoms with van der Waals surface area (Å²) in [6.07, 6.45) is -3.81. The van der Waals surface area contributed by atoms with Crippen LogP contribution in [0.4, 0.5) is 23.7 Å². The van der Waals surface area contributed by atoms with E-state index in [9.17, 15) is 18.0 Å². The Morgan fingerprint density at radius 1 is 1.11 bits per heavy atom. The molecule has 1 aromatic rings. The van der Waals surface area contributed by atoms with E-state index in [1.807, 2.05) is 0 Å². The van der Waals surface area contributed by atoms with Gasteiger partial charge < -0.3 is 19.3 Å². The molecule has 0 bridgehead atoms. The monoisotopic (exact) mass is 495 g/mol. The molecule has 3 atom stereocenters. The summed E-state index contributed by atoms with van der Waals surface area (Å²) < 4.78 is 48.6. The molecule has 0 aromatic heterocycles. The number of ether oxygens (including phenoxy) is 2. The lowest BCUT2D eigenvalue weighted by Gasteiger charge is -2.45. The Morgan fingerprint density at radius 3 is 2.46 bits per heavy atom. The van der Waals surface area contributed by atoms with Gasteiger partial charge in [0.15, 0.2) is 6.10 Å². The molecule has 4 heterocycles. The van der Waals surface area contributed by atoms with Gasteiger partial charge >= 0.3 is 12.3 Å². The van der Waals surface area contributed by atoms with Crippen molar-refractivity contribution in [2.75, 3.05) is 50.8 Å². The predicted octanol–water partition coefficient (Wildman–Crippen LogP) is 4.60. The number of likely N-dealkylation sites (tertiary alicyclic amines) is 2. The number of aryl methyl sites for hydroxylation is 1. The molecule has 35 heavy (non-hydrogen) atoms. The van der Waals surface area contributed by atoms with Crippen molar-refractivity contribution in [3.8, 4) is 0 Å². The van der Waals surface area contributed by atoms with E-state index in [1.54, 1.807) is 0 Å². The number of piperidine rings is 1. The molecule has 0 saturated carbocycles. The quantitative estimate of drug-likeness (QED) is 0.611. The highest BCUT2D eigenvalue weighted by atomic mass is 19.4. The fourth-order valence-electron chi connectivity index (χ4n) is 6.44. The summed E-state index contributed by atoms with van der Waals surface area (Å²) in [5.74, 6) is 1.27. The zero-order valence-electron chi connectivity index (χ0n) is 20.6. The second-order valence-electron chi connectivity index (χ2n) is 10.9. The Balaban J connectivity index is 1.22. The van der Waals surface area contributed by atoms with Crippen LogP contribution < -0.4 is 4.90 Å². The van der Waals surface area contributed by atoms with Gasteiger partial charge in [-0.15, -0.1) is 0 Å². The number of hydrogen-bond donors (Lipinski definition) is 0. The van der Waals surface area contributed by atoms with E-state index in [0.717, 1.165) is 72.0 Å². The SMILES string of the molecule is Cc1cc(CN2CCCC23CCN(C(=O)OC(C)C(F)(F)F)CC3)cc(N2CC3COCC3C2)c1. The van der Waals surface area contributed by atoms with E-state index in [4.69, 9.17) is 4.74 Å². The fraction of sp³-hybridized carbons (Fsp3) is 0.731. The molecule has 4 aliphatic rings. The average Bonchev–Trinajstić information content (AvgIpc) is 3.49. The van der Waals surface area contributed by atoms with Crippen LogP contribution in [0.2, 0.25) is 0 Å². The van der Waals surface area contributed by atoms with E-state index in [0.29, 0.717) is 24.9 Å². The number of amides is 1. The largest absolute Gasteiger partial charge is 0.437 e. The molecule has 4 saturated heterocycles. The summed E-state index contributed by atoms with van der Waals surface area (Å²) in [5, 5.41) is 0. The van der Waals surface area contributed by atoms with Crippen LogP contribution in [0.25, 0.3) is 0 Å². The molecule has 0 radical (unpaired) electrons. The van der Waals surface area contributed by atoms with Crippen molar-refractivity contribution in [2.45, 2.75) is 63.9 Å². The summed E-state index contributed by atoms with van der Waals surface area (Å²) in [6, 6.07) is 6.86. The third kappa shape index (κ3) is 5.12. The molecule has 194 valence electrons. The molecule has 0 N–H and O–H groups in total. The number of fused-ring (bicyclic) bond motifs is 1. The molecule has 3 unspecified atom stereocenters. The minimum Gasteiger partial charge on any atom is -0.437 e. The van der Waals surface area contributed by atoms with E-state index < -0.39 is 18.4 Å². The summed E-state index contributed by atoms with van der Waals surface area (Å²) in [5.41, 5.74) is 3.85. The van der Waals surface area contributed by atoms with Gasteiger partial charge in [-0.1, -0.05) is 6.07 Å². The number of rotatable bonds is 4. The standard InChI is InChI=1S/C26H36F3N3O3/c1-18-10-20(12-23(11-18)31-14-21-16-34-17-22(21)15-31)13-32-7-3-4-25(32)5-8-30(9-6-25)24(33)35-19(2)26(27,28)29/h10-12,19,21-22H,3-9,13-17H2,1-2H3. The van der Waals surface area contributed by atoms with Crippen molar-refractivity contribution >= 4 is 11.8 Å². The van der Waals surface area contributed by atoms with Crippen molar-refractivity contribution in [1.82, 2.24) is 9.80 Å². The van der Waals surface area contributed by atoms with Crippen LogP contribution in [0, 0.1) is 18.8 Å². The smallest absolute Gasteiger partial charge is 0.425 e. The maximum Gasteiger partial charge on any atom is 0.425 e. The van der Waals surface area contributed by atoms with Gasteiger partial charge in [-0.2, -0.15) is 13.2 Å². The second kappa shape index (κ2) is 9.47. The number of anilines is 1. The molecule has 5 rings (SSSR count). The number of carbonyl (C=O) groups is 1. The highest BCUT2D eigenvalue weighted by Gasteiger charge is 2.45. The van der Waals surface area contributed by atoms with Crippen molar-refractivity contribution < 1.29 is 27.4 Å². The van der Waals surface area contributed by atoms with Crippen molar-refractivity contribution in [2.24, 2.45) is 11.8 Å². The molecule has 4 aliphatic heterocycles. The van der Waals surface area contributed by atoms with E-state index in [1.165, 1.54) is 21.7 Å². The van der Waals surface area contributed by atoms with Gasteiger partial charge in [0.25, 0.3) is 0 Å². The number of alkyl halides is 3. The predicted molar refractivity (Wildman–Crippen MR) is 126 cm³/mol. The topological polar surface area (TPSA) is 45.2 Å². The summed E-state index contributed by atoms with van der Waals surface area (Å²) >= 11 is 0. The van der Waals surface area contributed by atoms with Gasteiger partial charge in [-0.05, 0) is 69.3 Å². The van der Waals surface area contributed by atoms with Crippen LogP contribution in [0.5, 0.6) is 0 Å². The normalized spacial score (nSPS) is 27.5. The Hall–Kier alpha value is -2.00. The van der Waals surface area contributed by atoms with E-state index >= 15 is 0 Å². The lowest BCUT2D eigenvalue weighted by Crippen LogP contribution is -2.53. The molecule has 6 nitrogen and oxygen atoms in total. The van der Waals surface area contributed by atoms with Crippen molar-refractivity contribution in [3.63, 3.8) is 0 Å². The van der Waals surface area contributed by atoms with Crippen LogP contribution in [0.15, 0.2) is 18.2 Å². The lowest BCUT2D eigenvalue weighted by molar-refractivity contribution is -0.200. The summed E-state index contributed by atoms with van der Waals surface area (Å²) in [4.78, 5) is 18.8. The number of carbonyl (C=O) groups excluding carboxylic acids is 1. The Kier molecular flexibility index (Phi) is 6.68. The highest BCUT2D eigenvalue weighted by molar-refractivity contribution is 5.68. The van der Waals surface area contributed by atoms with Crippen LogP contribution in [0.1, 0.15) is 43.7 Å². The van der Waals surface area contributed by atoms with Gasteiger partial charge in [-0.3, -0.25) is 4.90 Å². The molecule has 1 amide bonds. The fourth-order valence-corrected chi connectivity index (χ4v) is 6.44. The Labute approximate surface area is 205 Å². The van der Waals surface area contributed by atoms with Gasteiger partial charge in [0.05, 0.1) is 13.2 Å². The molecule has 1 aromatic carbocycles. The Bertz CT molecular complexity index is 920. The molecular formula is C26H36F3N3O3. The van der Waals surface area contributed by atoms with Crippen LogP contribution >= 0.6 is 0 Å². The van der Waals surface area contributed by atoms with Crippen LogP contribution in [0.3, 0.4) is 0 Å². The van der Waals surface area contributed by atoms with Crippen LogP contribution in [-0.2, 0) is 16.0 Å². The Morgan fingerprint density at radius 2 is 1.80 bits per heavy atom.